The smallest absolute Gasteiger partial charge is 0.279 e. The quantitative estimate of drug-likeness (QED) is 0.835. The Kier molecular flexibility index (Phi) is 6.04. The van der Waals surface area contributed by atoms with Gasteiger partial charge in [-0.15, -0.1) is 0 Å². The second kappa shape index (κ2) is 8.48. The number of nitrogens with zero attached hydrogens (tertiary/aromatic N) is 1. The molecule has 1 aliphatic rings. The van der Waals surface area contributed by atoms with E-state index in [1.807, 2.05) is 32.0 Å². The van der Waals surface area contributed by atoms with Crippen LogP contribution < -0.4 is 10.2 Å². The summed E-state index contributed by atoms with van der Waals surface area (Å²) in [4.78, 5) is 27.5. The summed E-state index contributed by atoms with van der Waals surface area (Å²) >= 11 is 0. The number of hydrogen-bond acceptors (Lipinski definition) is 2. The Bertz CT molecular complexity index is 873. The second-order valence-electron chi connectivity index (χ2n) is 7.16. The Morgan fingerprint density at radius 3 is 2.32 bits per heavy atom. The minimum absolute atomic E-state index is 0.0724. The summed E-state index contributed by atoms with van der Waals surface area (Å²) in [6.07, 6.45) is 0. The number of hydrogen-bond donors (Lipinski definition) is 2. The van der Waals surface area contributed by atoms with E-state index in [0.717, 1.165) is 27.8 Å². The number of nitrogens with one attached hydrogen (secondary N) is 2. The lowest BCUT2D eigenvalue weighted by Gasteiger charge is -2.32. The first-order valence-electron chi connectivity index (χ1n) is 9.29. The Labute approximate surface area is 162 Å². The van der Waals surface area contributed by atoms with Crippen molar-refractivity contribution in [1.82, 2.24) is 4.90 Å². The van der Waals surface area contributed by atoms with Gasteiger partial charge in [-0.05, 0) is 37.1 Å². The lowest BCUT2D eigenvalue weighted by Crippen LogP contribution is -3.15. The van der Waals surface area contributed by atoms with Crippen molar-refractivity contribution < 1.29 is 23.3 Å². The first-order valence-corrected chi connectivity index (χ1v) is 9.29. The van der Waals surface area contributed by atoms with Gasteiger partial charge in [-0.1, -0.05) is 18.2 Å². The molecule has 28 heavy (non-hydrogen) atoms. The minimum Gasteiger partial charge on any atom is -0.327 e. The average Bonchev–Trinajstić information content (AvgIpc) is 2.65. The van der Waals surface area contributed by atoms with E-state index < -0.39 is 17.5 Å². The predicted molar refractivity (Wildman–Crippen MR) is 102 cm³/mol. The third-order valence-corrected chi connectivity index (χ3v) is 5.08. The molecule has 1 fully saturated rings. The van der Waals surface area contributed by atoms with Gasteiger partial charge in [0.05, 0.1) is 31.7 Å². The molecule has 0 spiro atoms. The van der Waals surface area contributed by atoms with Gasteiger partial charge in [0, 0.05) is 11.8 Å². The highest BCUT2D eigenvalue weighted by Gasteiger charge is 2.27. The van der Waals surface area contributed by atoms with Crippen molar-refractivity contribution in [2.24, 2.45) is 0 Å². The molecule has 7 heteroatoms. The van der Waals surface area contributed by atoms with Crippen molar-refractivity contribution in [2.45, 2.75) is 13.8 Å². The molecule has 2 N–H and O–H groups in total. The van der Waals surface area contributed by atoms with Crippen LogP contribution in [0, 0.1) is 25.5 Å². The van der Waals surface area contributed by atoms with Crippen molar-refractivity contribution >= 4 is 17.5 Å². The second-order valence-corrected chi connectivity index (χ2v) is 7.16. The van der Waals surface area contributed by atoms with Crippen LogP contribution in [0.3, 0.4) is 0 Å². The molecule has 0 radical (unpaired) electrons. The number of para-hydroxylation sites is 1. The monoisotopic (exact) mass is 388 g/mol. The highest BCUT2D eigenvalue weighted by atomic mass is 19.1. The molecule has 0 aromatic heterocycles. The molecule has 148 valence electrons. The number of amides is 2. The molecule has 0 saturated carbocycles. The van der Waals surface area contributed by atoms with Crippen LogP contribution in [0.5, 0.6) is 0 Å². The Morgan fingerprint density at radius 2 is 1.71 bits per heavy atom. The largest absolute Gasteiger partial charge is 0.327 e. The summed E-state index contributed by atoms with van der Waals surface area (Å²) in [5, 5.41) is 2.97. The number of aryl methyl sites for hydroxylation is 2. The highest BCUT2D eigenvalue weighted by Crippen LogP contribution is 2.19. The summed E-state index contributed by atoms with van der Waals surface area (Å²) in [6.45, 7) is 6.23. The molecule has 1 aliphatic heterocycles. The zero-order valence-electron chi connectivity index (χ0n) is 16.0. The summed E-state index contributed by atoms with van der Waals surface area (Å²) in [6, 6.07) is 8.82. The number of quaternary nitrogens is 1. The maximum Gasteiger partial charge on any atom is 0.279 e. The van der Waals surface area contributed by atoms with Crippen LogP contribution in [0.15, 0.2) is 36.4 Å². The molecule has 3 rings (SSSR count). The summed E-state index contributed by atoms with van der Waals surface area (Å²) in [7, 11) is 0. The summed E-state index contributed by atoms with van der Waals surface area (Å²) < 4.78 is 26.9. The minimum atomic E-state index is -0.854. The number of anilines is 1. The number of carbonyl (C=O) groups is 2. The number of halogens is 2. The van der Waals surface area contributed by atoms with E-state index in [1.54, 1.807) is 4.90 Å². The molecule has 1 heterocycles. The van der Waals surface area contributed by atoms with E-state index in [0.29, 0.717) is 38.8 Å². The lowest BCUT2D eigenvalue weighted by atomic mass is 10.1. The van der Waals surface area contributed by atoms with E-state index in [4.69, 9.17) is 0 Å². The number of piperazine rings is 1. The number of carbonyl (C=O) groups excluding carboxylic acids is 2. The lowest BCUT2D eigenvalue weighted by molar-refractivity contribution is -0.895. The number of rotatable bonds is 4. The molecule has 0 aliphatic carbocycles. The SMILES string of the molecule is Cc1cccc(C)c1NC(=O)C[NH+]1CCN(C(=O)c2ccc(F)cc2F)CC1. The zero-order chi connectivity index (χ0) is 20.3. The van der Waals surface area contributed by atoms with Gasteiger partial charge in [-0.3, -0.25) is 9.59 Å². The molecule has 1 saturated heterocycles. The molecule has 2 amide bonds. The third-order valence-electron chi connectivity index (χ3n) is 5.08. The standard InChI is InChI=1S/C21H23F2N3O2/c1-14-4-3-5-15(2)20(14)24-19(27)13-25-8-10-26(11-9-25)21(28)17-7-6-16(22)12-18(17)23/h3-7,12H,8-11,13H2,1-2H3,(H,24,27)/p+1. The Balaban J connectivity index is 1.54. The van der Waals surface area contributed by atoms with Gasteiger partial charge in [-0.2, -0.15) is 0 Å². The molecule has 0 atom stereocenters. The maximum absolute atomic E-state index is 13.8. The molecule has 2 aromatic carbocycles. The van der Waals surface area contributed by atoms with Gasteiger partial charge in [0.15, 0.2) is 6.54 Å². The van der Waals surface area contributed by atoms with Gasteiger partial charge >= 0.3 is 0 Å². The average molecular weight is 388 g/mol. The predicted octanol–water partition coefficient (Wildman–Crippen LogP) is 1.56. The van der Waals surface area contributed by atoms with Crippen molar-refractivity contribution in [2.75, 3.05) is 38.0 Å². The van der Waals surface area contributed by atoms with Gasteiger partial charge < -0.3 is 15.1 Å². The zero-order valence-corrected chi connectivity index (χ0v) is 16.0. The van der Waals surface area contributed by atoms with E-state index >= 15 is 0 Å². The molecule has 0 bridgehead atoms. The fourth-order valence-corrected chi connectivity index (χ4v) is 3.46. The fourth-order valence-electron chi connectivity index (χ4n) is 3.46. The molecule has 2 aromatic rings. The van der Waals surface area contributed by atoms with Crippen molar-refractivity contribution in [1.29, 1.82) is 0 Å². The van der Waals surface area contributed by atoms with Crippen LogP contribution in [-0.4, -0.2) is 49.4 Å². The van der Waals surface area contributed by atoms with E-state index in [-0.39, 0.29) is 11.5 Å². The van der Waals surface area contributed by atoms with Crippen LogP contribution in [0.2, 0.25) is 0 Å². The molecular weight excluding hydrogens is 364 g/mol. The molecule has 5 nitrogen and oxygen atoms in total. The Hall–Kier alpha value is -2.80. The first-order chi connectivity index (χ1) is 13.3. The van der Waals surface area contributed by atoms with Crippen LogP contribution in [-0.2, 0) is 4.79 Å². The van der Waals surface area contributed by atoms with Gasteiger partial charge in [0.25, 0.3) is 11.8 Å². The maximum atomic E-state index is 13.8. The van der Waals surface area contributed by atoms with E-state index in [9.17, 15) is 18.4 Å². The van der Waals surface area contributed by atoms with Gasteiger partial charge in [-0.25, -0.2) is 8.78 Å². The number of benzene rings is 2. The van der Waals surface area contributed by atoms with Crippen molar-refractivity contribution in [3.05, 3.63) is 64.7 Å². The van der Waals surface area contributed by atoms with Crippen LogP contribution in [0.1, 0.15) is 21.5 Å². The van der Waals surface area contributed by atoms with Crippen LogP contribution >= 0.6 is 0 Å². The molecule has 0 unspecified atom stereocenters. The summed E-state index contributed by atoms with van der Waals surface area (Å²) in [5.41, 5.74) is 2.74. The molecular formula is C21H24F2N3O2+. The van der Waals surface area contributed by atoms with Crippen molar-refractivity contribution in [3.63, 3.8) is 0 Å². The highest BCUT2D eigenvalue weighted by molar-refractivity contribution is 5.94. The van der Waals surface area contributed by atoms with Gasteiger partial charge in [0.2, 0.25) is 0 Å². The van der Waals surface area contributed by atoms with Gasteiger partial charge in [0.1, 0.15) is 11.6 Å². The topological polar surface area (TPSA) is 53.9 Å². The fraction of sp³-hybridized carbons (Fsp3) is 0.333. The summed E-state index contributed by atoms with van der Waals surface area (Å²) in [5.74, 6) is -2.08. The normalized spacial score (nSPS) is 14.8. The van der Waals surface area contributed by atoms with E-state index in [1.165, 1.54) is 6.07 Å². The first kappa shape index (κ1) is 19.9. The van der Waals surface area contributed by atoms with Crippen molar-refractivity contribution in [3.8, 4) is 0 Å². The van der Waals surface area contributed by atoms with Crippen LogP contribution in [0.25, 0.3) is 0 Å². The third kappa shape index (κ3) is 4.54. The van der Waals surface area contributed by atoms with E-state index in [2.05, 4.69) is 5.32 Å². The van der Waals surface area contributed by atoms with Crippen LogP contribution in [0.4, 0.5) is 14.5 Å². The Morgan fingerprint density at radius 1 is 1.07 bits per heavy atom.